The van der Waals surface area contributed by atoms with Crippen molar-refractivity contribution in [1.29, 1.82) is 0 Å². The van der Waals surface area contributed by atoms with E-state index in [2.05, 4.69) is 70.8 Å². The summed E-state index contributed by atoms with van der Waals surface area (Å²) in [6.07, 6.45) is 6.74. The van der Waals surface area contributed by atoms with Crippen LogP contribution in [0.25, 0.3) is 11.2 Å². The van der Waals surface area contributed by atoms with Crippen molar-refractivity contribution in [3.63, 3.8) is 0 Å². The summed E-state index contributed by atoms with van der Waals surface area (Å²) >= 11 is 0. The number of hydrogen-bond acceptors (Lipinski definition) is 19. The smallest absolute Gasteiger partial charge is 0.326 e. The number of amidine groups is 1. The fourth-order valence-corrected chi connectivity index (χ4v) is 6.61. The van der Waals surface area contributed by atoms with Gasteiger partial charge in [-0.1, -0.05) is 26.7 Å². The van der Waals surface area contributed by atoms with E-state index in [0.29, 0.717) is 30.6 Å². The Morgan fingerprint density at radius 3 is 2.19 bits per heavy atom. The van der Waals surface area contributed by atoms with Crippen LogP contribution < -0.4 is 60.5 Å². The van der Waals surface area contributed by atoms with Gasteiger partial charge < -0.3 is 59.3 Å². The summed E-state index contributed by atoms with van der Waals surface area (Å²) in [6.45, 7) is 5.60. The summed E-state index contributed by atoms with van der Waals surface area (Å²) in [6, 6.07) is 5.67. The number of nitrogen functional groups attached to an aromatic ring is 2. The lowest BCUT2D eigenvalue weighted by molar-refractivity contribution is -0.139. The Balaban J connectivity index is 0.00000365. The van der Waals surface area contributed by atoms with Crippen molar-refractivity contribution in [2.45, 2.75) is 84.3 Å². The van der Waals surface area contributed by atoms with Gasteiger partial charge in [-0.3, -0.25) is 38.5 Å². The normalized spacial score (nSPS) is 12.8. The second-order valence-corrected chi connectivity index (χ2v) is 16.0. The molecule has 0 spiro atoms. The van der Waals surface area contributed by atoms with Crippen LogP contribution in [0, 0.1) is 0 Å². The van der Waals surface area contributed by atoms with Gasteiger partial charge in [0.15, 0.2) is 22.8 Å². The Morgan fingerprint density at radius 2 is 1.51 bits per heavy atom. The van der Waals surface area contributed by atoms with E-state index >= 15 is 0 Å². The van der Waals surface area contributed by atoms with Crippen LogP contribution in [0.4, 0.5) is 23.1 Å². The molecule has 0 saturated carbocycles. The number of carbonyl (C=O) groups is 8. The maximum atomic E-state index is 13.3. The van der Waals surface area contributed by atoms with Crippen LogP contribution in [-0.4, -0.2) is 120 Å². The molecular formula is C45H59N17O10. The lowest BCUT2D eigenvalue weighted by Gasteiger charge is -2.17. The predicted molar refractivity (Wildman–Crippen MR) is 264 cm³/mol. The molecule has 27 nitrogen and oxygen atoms in total. The molecule has 384 valence electrons. The van der Waals surface area contributed by atoms with Gasteiger partial charge in [0.25, 0.3) is 23.6 Å². The van der Waals surface area contributed by atoms with Crippen LogP contribution in [0.15, 0.2) is 59.8 Å². The van der Waals surface area contributed by atoms with E-state index in [1.807, 2.05) is 5.53 Å². The van der Waals surface area contributed by atoms with E-state index in [1.165, 1.54) is 68.1 Å². The number of rotatable bonds is 24. The van der Waals surface area contributed by atoms with Crippen LogP contribution in [0.1, 0.15) is 97.7 Å². The summed E-state index contributed by atoms with van der Waals surface area (Å²) < 4.78 is 0. The first-order valence-corrected chi connectivity index (χ1v) is 22.6. The number of imide groups is 1. The Bertz CT molecular complexity index is 2700. The monoisotopic (exact) mass is 997 g/mol. The van der Waals surface area contributed by atoms with Gasteiger partial charge in [-0.15, -0.1) is 5.10 Å². The zero-order valence-electron chi connectivity index (χ0n) is 39.8. The van der Waals surface area contributed by atoms with Crippen LogP contribution in [-0.2, 0) is 35.3 Å². The Hall–Kier alpha value is -9.01. The molecule has 5 rings (SSSR count). The molecule has 2 atom stereocenters. The number of hydrazine groups is 1. The fourth-order valence-electron chi connectivity index (χ4n) is 6.61. The minimum Gasteiger partial charge on any atom is -0.507 e. The summed E-state index contributed by atoms with van der Waals surface area (Å²) in [4.78, 5) is 117. The van der Waals surface area contributed by atoms with Crippen molar-refractivity contribution in [3.05, 3.63) is 77.1 Å². The summed E-state index contributed by atoms with van der Waals surface area (Å²) in [5.74, 6) is -0.661. The molecule has 17 N–H and O–H groups in total. The van der Waals surface area contributed by atoms with Gasteiger partial charge in [-0.25, -0.2) is 26.1 Å². The van der Waals surface area contributed by atoms with Crippen molar-refractivity contribution < 1.29 is 48.6 Å². The molecule has 3 heterocycles. The number of aromatic hydroxyl groups is 1. The minimum absolute atomic E-state index is 0.00212. The molecule has 0 bridgehead atoms. The quantitative estimate of drug-likeness (QED) is 0.0108. The molecule has 0 saturated heterocycles. The number of aromatic nitrogens is 4. The number of hydrogen-bond donors (Lipinski definition) is 13. The van der Waals surface area contributed by atoms with E-state index in [1.54, 1.807) is 0 Å². The van der Waals surface area contributed by atoms with Crippen molar-refractivity contribution in [3.8, 4) is 5.75 Å². The number of carboxylic acids is 1. The number of carboxylic acid groups (broad SMARTS) is 1. The third-order valence-electron chi connectivity index (χ3n) is 10.2. The van der Waals surface area contributed by atoms with E-state index in [4.69, 9.17) is 23.0 Å². The average Bonchev–Trinajstić information content (AvgIpc) is 3.66. The molecule has 2 aromatic heterocycles. The molecule has 0 fully saturated rings. The molecule has 7 amide bonds. The maximum Gasteiger partial charge on any atom is 0.326 e. The number of benzene rings is 2. The lowest BCUT2D eigenvalue weighted by atomic mass is 10.0. The largest absolute Gasteiger partial charge is 0.507 e. The number of phenolic OH excluding ortho intramolecular Hbond substituents is 1. The van der Waals surface area contributed by atoms with Gasteiger partial charge in [-0.05, 0) is 62.9 Å². The lowest BCUT2D eigenvalue weighted by Crippen LogP contribution is -2.45. The number of anilines is 4. The first kappa shape index (κ1) is 55.6. The number of nitrogens with one attached hydrogen (secondary N) is 7. The third-order valence-corrected chi connectivity index (χ3v) is 10.2. The van der Waals surface area contributed by atoms with Crippen molar-refractivity contribution in [2.24, 2.45) is 16.7 Å². The second-order valence-electron chi connectivity index (χ2n) is 16.0. The van der Waals surface area contributed by atoms with Gasteiger partial charge in [0.05, 0.1) is 36.1 Å². The Labute approximate surface area is 412 Å². The highest BCUT2D eigenvalue weighted by Crippen LogP contribution is 2.24. The number of hydrazone groups is 1. The van der Waals surface area contributed by atoms with Crippen LogP contribution in [0.2, 0.25) is 0 Å². The third kappa shape index (κ3) is 16.6. The molecule has 0 radical (unpaired) electrons. The molecule has 1 aliphatic rings. The highest BCUT2D eigenvalue weighted by atomic mass is 16.4. The van der Waals surface area contributed by atoms with Crippen LogP contribution in [0.5, 0.6) is 5.75 Å². The van der Waals surface area contributed by atoms with Gasteiger partial charge in [0, 0.05) is 54.7 Å². The Morgan fingerprint density at radius 1 is 0.819 bits per heavy atom. The van der Waals surface area contributed by atoms with Gasteiger partial charge in [0.1, 0.15) is 17.8 Å². The van der Waals surface area contributed by atoms with E-state index in [9.17, 15) is 48.6 Å². The highest BCUT2D eigenvalue weighted by Gasteiger charge is 2.25. The second kappa shape index (κ2) is 27.2. The number of phenols is 1. The zero-order valence-corrected chi connectivity index (χ0v) is 39.8. The van der Waals surface area contributed by atoms with Crippen molar-refractivity contribution >= 4 is 87.5 Å². The van der Waals surface area contributed by atoms with Gasteiger partial charge in [-0.2, -0.15) is 9.97 Å². The summed E-state index contributed by atoms with van der Waals surface area (Å²) in [7, 11) is 0. The maximum absolute atomic E-state index is 13.3. The van der Waals surface area contributed by atoms with Crippen molar-refractivity contribution in [2.75, 3.05) is 41.7 Å². The number of amides is 7. The molecular weight excluding hydrogens is 939 g/mol. The molecule has 2 aromatic carbocycles. The molecule has 4 aromatic rings. The first-order chi connectivity index (χ1) is 34.3. The SMILES string of the molecule is CC(NC(=O)CNC(=O)CCCCCN1C(=O)C=CC1=O)C(=O)Nc1ccc(C(=O)NCCCC(NC(=O)c2ccc(NCc3cnc4nc(N)nc(N)c4n3)cc2O)C(=O)O)c(/C(N)=N/NN)c1.CCC. The molecule has 2 unspecified atom stereocenters. The van der Waals surface area contributed by atoms with E-state index in [-0.39, 0.29) is 102 Å². The first-order valence-electron chi connectivity index (χ1n) is 22.6. The fraction of sp³-hybridized carbons (Fsp3) is 0.356. The number of aliphatic carboxylic acids is 1. The predicted octanol–water partition coefficient (Wildman–Crippen LogP) is -0.160. The number of nitrogens with two attached hydrogens (primary N) is 4. The Kier molecular flexibility index (Phi) is 21.0. The van der Waals surface area contributed by atoms with Crippen LogP contribution in [0.3, 0.4) is 0 Å². The van der Waals surface area contributed by atoms with E-state index in [0.717, 1.165) is 4.90 Å². The number of nitrogens with zero attached hydrogens (tertiary/aromatic N) is 6. The zero-order chi connectivity index (χ0) is 52.9. The van der Waals surface area contributed by atoms with E-state index < -0.39 is 59.9 Å². The van der Waals surface area contributed by atoms with Gasteiger partial charge >= 0.3 is 5.97 Å². The molecule has 1 aliphatic heterocycles. The summed E-state index contributed by atoms with van der Waals surface area (Å²) in [5.41, 5.74) is 20.9. The average molecular weight is 998 g/mol. The molecule has 27 heteroatoms. The molecule has 72 heavy (non-hydrogen) atoms. The number of fused-ring (bicyclic) bond motifs is 1. The number of unbranched alkanes of at least 4 members (excludes halogenated alkanes) is 2. The summed E-state index contributed by atoms with van der Waals surface area (Å²) in [5, 5.41) is 39.8. The highest BCUT2D eigenvalue weighted by molar-refractivity contribution is 6.13. The number of carbonyl (C=O) groups excluding carboxylic acids is 7. The molecule has 0 aliphatic carbocycles. The van der Waals surface area contributed by atoms with Crippen molar-refractivity contribution in [1.82, 2.24) is 51.6 Å². The standard InChI is InChI=1S/C42H51N17O10.C3H8/c1-21(51-31(62)20-49-30(61)7-3-2-4-15-59-32(63)12-13-33(59)64)38(65)53-23-9-10-25(27(16-23)35(43)57-58-46)39(66)47-14-5-6-28(41(68)69)54-40(67)26-11-8-22(17-29(26)60)48-18-24-19-50-37-34(52-24)36(44)55-42(45)56-37;1-3-2/h8-13,16-17,19,21,28,48,58,60H,2-7,14-15,18,20,46H2,1H3,(H2,43,57)(H,47,66)(H,49,61)(H,51,62)(H,53,65)(H,54,67)(H,68,69)(H4,44,45,50,55,56);3H2,1-2H3. The minimum atomic E-state index is -1.40. The van der Waals surface area contributed by atoms with Gasteiger partial charge in [0.2, 0.25) is 23.7 Å². The van der Waals surface area contributed by atoms with Crippen LogP contribution >= 0.6 is 0 Å². The topological polar surface area (TPSA) is 432 Å².